The number of rotatable bonds is 4. The highest BCUT2D eigenvalue weighted by atomic mass is 15.2. The first-order chi connectivity index (χ1) is 8.45. The minimum absolute atomic E-state index is 0.0658. The Morgan fingerprint density at radius 1 is 1.17 bits per heavy atom. The van der Waals surface area contributed by atoms with Gasteiger partial charge in [0.2, 0.25) is 0 Å². The van der Waals surface area contributed by atoms with Crippen LogP contribution in [-0.4, -0.2) is 31.6 Å². The zero-order valence-electron chi connectivity index (χ0n) is 12.4. The maximum absolute atomic E-state index is 3.45. The normalized spacial score (nSPS) is 17.0. The van der Waals surface area contributed by atoms with Gasteiger partial charge >= 0.3 is 0 Å². The van der Waals surface area contributed by atoms with Crippen molar-refractivity contribution in [1.82, 2.24) is 10.2 Å². The molecule has 0 saturated carbocycles. The molecular weight excluding hydrogens is 220 g/mol. The van der Waals surface area contributed by atoms with E-state index in [0.29, 0.717) is 6.04 Å². The lowest BCUT2D eigenvalue weighted by Gasteiger charge is -2.39. The molecule has 0 aliphatic heterocycles. The molecule has 0 heterocycles. The Morgan fingerprint density at radius 3 is 2.44 bits per heavy atom. The monoisotopic (exact) mass is 246 g/mol. The topological polar surface area (TPSA) is 15.3 Å². The van der Waals surface area contributed by atoms with E-state index >= 15 is 0 Å². The van der Waals surface area contributed by atoms with Crippen molar-refractivity contribution in [2.75, 3.05) is 21.1 Å². The Hall–Kier alpha value is -0.860. The Kier molecular flexibility index (Phi) is 3.79. The fraction of sp³-hybridized carbons (Fsp3) is 0.625. The van der Waals surface area contributed by atoms with Crippen LogP contribution in [0.4, 0.5) is 0 Å². The second-order valence-corrected chi connectivity index (χ2v) is 6.22. The average Bonchev–Trinajstić information content (AvgIpc) is 2.75. The number of hydrogen-bond acceptors (Lipinski definition) is 2. The van der Waals surface area contributed by atoms with Crippen LogP contribution in [0.15, 0.2) is 18.2 Å². The molecule has 2 heteroatoms. The molecule has 0 aromatic heterocycles. The smallest absolute Gasteiger partial charge is 0.0519 e. The van der Waals surface area contributed by atoms with E-state index in [-0.39, 0.29) is 5.54 Å². The highest BCUT2D eigenvalue weighted by Crippen LogP contribution is 2.33. The summed E-state index contributed by atoms with van der Waals surface area (Å²) in [5.41, 5.74) is 4.61. The molecule has 2 nitrogen and oxygen atoms in total. The molecule has 1 unspecified atom stereocenters. The van der Waals surface area contributed by atoms with E-state index < -0.39 is 0 Å². The Balaban J connectivity index is 2.37. The largest absolute Gasteiger partial charge is 0.313 e. The van der Waals surface area contributed by atoms with Crippen molar-refractivity contribution in [3.8, 4) is 0 Å². The summed E-state index contributed by atoms with van der Waals surface area (Å²) in [5, 5.41) is 3.45. The molecule has 1 aliphatic carbocycles. The first-order valence-corrected chi connectivity index (χ1v) is 6.93. The van der Waals surface area contributed by atoms with Crippen molar-refractivity contribution in [2.45, 2.75) is 44.7 Å². The van der Waals surface area contributed by atoms with Gasteiger partial charge in [-0.1, -0.05) is 18.2 Å². The van der Waals surface area contributed by atoms with Gasteiger partial charge in [-0.05, 0) is 70.9 Å². The van der Waals surface area contributed by atoms with Gasteiger partial charge < -0.3 is 10.2 Å². The van der Waals surface area contributed by atoms with Gasteiger partial charge in [-0.25, -0.2) is 0 Å². The maximum Gasteiger partial charge on any atom is 0.0519 e. The van der Waals surface area contributed by atoms with E-state index in [1.165, 1.54) is 24.8 Å². The zero-order chi connectivity index (χ0) is 13.3. The molecule has 0 saturated heterocycles. The predicted molar refractivity (Wildman–Crippen MR) is 78.0 cm³/mol. The molecule has 1 atom stereocenters. The number of nitrogens with zero attached hydrogens (tertiary/aromatic N) is 1. The minimum Gasteiger partial charge on any atom is -0.313 e. The maximum atomic E-state index is 3.45. The van der Waals surface area contributed by atoms with Gasteiger partial charge in [0.25, 0.3) is 0 Å². The van der Waals surface area contributed by atoms with Gasteiger partial charge in [-0.2, -0.15) is 0 Å². The highest BCUT2D eigenvalue weighted by molar-refractivity contribution is 5.37. The first-order valence-electron chi connectivity index (χ1n) is 6.93. The van der Waals surface area contributed by atoms with Gasteiger partial charge in [0.05, 0.1) is 6.04 Å². The number of benzene rings is 1. The Morgan fingerprint density at radius 2 is 1.83 bits per heavy atom. The van der Waals surface area contributed by atoms with Crippen LogP contribution in [0.25, 0.3) is 0 Å². The summed E-state index contributed by atoms with van der Waals surface area (Å²) in [7, 11) is 6.37. The third-order valence-corrected chi connectivity index (χ3v) is 4.28. The van der Waals surface area contributed by atoms with Gasteiger partial charge in [-0.15, -0.1) is 0 Å². The molecule has 1 aromatic rings. The van der Waals surface area contributed by atoms with Crippen LogP contribution < -0.4 is 5.32 Å². The lowest BCUT2D eigenvalue weighted by molar-refractivity contribution is 0.177. The summed E-state index contributed by atoms with van der Waals surface area (Å²) in [5.74, 6) is 0. The van der Waals surface area contributed by atoms with E-state index in [2.05, 4.69) is 56.4 Å². The van der Waals surface area contributed by atoms with Gasteiger partial charge in [0.15, 0.2) is 0 Å². The second-order valence-electron chi connectivity index (χ2n) is 6.22. The van der Waals surface area contributed by atoms with Crippen LogP contribution in [0.5, 0.6) is 0 Å². The number of aryl methyl sites for hydroxylation is 2. The number of hydrogen-bond donors (Lipinski definition) is 1. The van der Waals surface area contributed by atoms with Crippen LogP contribution in [0.3, 0.4) is 0 Å². The lowest BCUT2D eigenvalue weighted by atomic mass is 9.86. The van der Waals surface area contributed by atoms with E-state index in [1.807, 2.05) is 7.05 Å². The minimum atomic E-state index is 0.0658. The number of likely N-dealkylation sites (N-methyl/N-ethyl adjacent to an activating group) is 2. The molecule has 1 N–H and O–H groups in total. The van der Waals surface area contributed by atoms with Crippen LogP contribution in [0.1, 0.15) is 43.0 Å². The van der Waals surface area contributed by atoms with Crippen molar-refractivity contribution in [1.29, 1.82) is 0 Å². The molecule has 0 spiro atoms. The summed E-state index contributed by atoms with van der Waals surface area (Å²) in [6, 6.07) is 7.47. The summed E-state index contributed by atoms with van der Waals surface area (Å²) in [6.45, 7) is 4.54. The first kappa shape index (κ1) is 13.6. The van der Waals surface area contributed by atoms with Crippen molar-refractivity contribution < 1.29 is 0 Å². The zero-order valence-corrected chi connectivity index (χ0v) is 12.4. The number of nitrogens with one attached hydrogen (secondary N) is 1. The molecule has 0 fully saturated rings. The Labute approximate surface area is 111 Å². The van der Waals surface area contributed by atoms with Crippen LogP contribution in [0.2, 0.25) is 0 Å². The SMILES string of the molecule is CNC(C)(C)C(c1ccc2c(c1)CCC2)N(C)C. The third-order valence-electron chi connectivity index (χ3n) is 4.28. The highest BCUT2D eigenvalue weighted by Gasteiger charge is 2.31. The molecule has 18 heavy (non-hydrogen) atoms. The van der Waals surface area contributed by atoms with Crippen molar-refractivity contribution in [3.05, 3.63) is 34.9 Å². The fourth-order valence-electron chi connectivity index (χ4n) is 3.26. The van der Waals surface area contributed by atoms with Gasteiger partial charge in [0.1, 0.15) is 0 Å². The quantitative estimate of drug-likeness (QED) is 0.879. The van der Waals surface area contributed by atoms with Crippen molar-refractivity contribution in [3.63, 3.8) is 0 Å². The van der Waals surface area contributed by atoms with E-state index in [4.69, 9.17) is 0 Å². The summed E-state index contributed by atoms with van der Waals surface area (Å²) >= 11 is 0. The number of fused-ring (bicyclic) bond motifs is 1. The molecule has 0 amide bonds. The fourth-order valence-corrected chi connectivity index (χ4v) is 3.26. The van der Waals surface area contributed by atoms with Crippen LogP contribution in [-0.2, 0) is 12.8 Å². The molecule has 1 aliphatic rings. The predicted octanol–water partition coefficient (Wildman–Crippen LogP) is 2.78. The lowest BCUT2D eigenvalue weighted by Crippen LogP contribution is -2.48. The summed E-state index contributed by atoms with van der Waals surface area (Å²) in [4.78, 5) is 2.31. The van der Waals surface area contributed by atoms with Crippen LogP contribution >= 0.6 is 0 Å². The van der Waals surface area contributed by atoms with Gasteiger partial charge in [0, 0.05) is 5.54 Å². The Bertz CT molecular complexity index is 421. The molecular formula is C16H26N2. The summed E-state index contributed by atoms with van der Waals surface area (Å²) < 4.78 is 0. The van der Waals surface area contributed by atoms with E-state index in [9.17, 15) is 0 Å². The van der Waals surface area contributed by atoms with Crippen molar-refractivity contribution >= 4 is 0 Å². The van der Waals surface area contributed by atoms with Gasteiger partial charge in [-0.3, -0.25) is 0 Å². The molecule has 100 valence electrons. The molecule has 1 aromatic carbocycles. The molecule has 0 bridgehead atoms. The third kappa shape index (κ3) is 2.45. The van der Waals surface area contributed by atoms with E-state index in [0.717, 1.165) is 0 Å². The molecule has 0 radical (unpaired) electrons. The molecule has 2 rings (SSSR count). The summed E-state index contributed by atoms with van der Waals surface area (Å²) in [6.07, 6.45) is 3.84. The van der Waals surface area contributed by atoms with Crippen LogP contribution in [0, 0.1) is 0 Å². The second kappa shape index (κ2) is 5.02. The van der Waals surface area contributed by atoms with E-state index in [1.54, 1.807) is 11.1 Å². The van der Waals surface area contributed by atoms with Crippen molar-refractivity contribution in [2.24, 2.45) is 0 Å². The standard InChI is InChI=1S/C16H26N2/c1-16(2,17-3)15(18(4)5)14-10-9-12-7-6-8-13(12)11-14/h9-11,15,17H,6-8H2,1-5H3. The average molecular weight is 246 g/mol.